The molecule has 0 radical (unpaired) electrons. The molecule has 2 aromatic carbocycles. The average Bonchev–Trinajstić information content (AvgIpc) is 2.63. The number of nitrogens with one attached hydrogen (secondary N) is 1. The van der Waals surface area contributed by atoms with E-state index in [0.717, 1.165) is 16.7 Å². The van der Waals surface area contributed by atoms with Crippen LogP contribution in [-0.2, 0) is 22.6 Å². The first-order valence-corrected chi connectivity index (χ1v) is 9.87. The van der Waals surface area contributed by atoms with E-state index in [4.69, 9.17) is 0 Å². The van der Waals surface area contributed by atoms with Crippen LogP contribution in [0.5, 0.6) is 0 Å². The molecule has 1 atom stereocenters. The van der Waals surface area contributed by atoms with Gasteiger partial charge in [0.05, 0.1) is 0 Å². The third-order valence-corrected chi connectivity index (χ3v) is 4.57. The molecular formula is C24H32N2O2. The molecule has 0 saturated carbocycles. The third kappa shape index (κ3) is 6.84. The normalized spacial score (nSPS) is 12.3. The molecule has 150 valence electrons. The van der Waals surface area contributed by atoms with Crippen molar-refractivity contribution in [2.75, 3.05) is 0 Å². The van der Waals surface area contributed by atoms with Gasteiger partial charge in [0, 0.05) is 18.5 Å². The molecule has 2 rings (SSSR count). The number of carbonyl (C=O) groups excluding carboxylic acids is 2. The zero-order chi connectivity index (χ0) is 20.7. The Labute approximate surface area is 169 Å². The fourth-order valence-electron chi connectivity index (χ4n) is 3.10. The van der Waals surface area contributed by atoms with Crippen LogP contribution in [0.4, 0.5) is 0 Å². The van der Waals surface area contributed by atoms with Crippen molar-refractivity contribution >= 4 is 11.8 Å². The lowest BCUT2D eigenvalue weighted by atomic mass is 10.1. The monoisotopic (exact) mass is 380 g/mol. The number of aryl methyl sites for hydroxylation is 2. The molecule has 0 heterocycles. The van der Waals surface area contributed by atoms with Gasteiger partial charge in [0.1, 0.15) is 6.04 Å². The van der Waals surface area contributed by atoms with Crippen molar-refractivity contribution in [1.29, 1.82) is 0 Å². The minimum absolute atomic E-state index is 0.0121. The van der Waals surface area contributed by atoms with Crippen LogP contribution < -0.4 is 5.32 Å². The maximum Gasteiger partial charge on any atom is 0.242 e. The molecule has 0 aliphatic carbocycles. The molecule has 0 aliphatic rings. The smallest absolute Gasteiger partial charge is 0.242 e. The minimum Gasteiger partial charge on any atom is -0.350 e. The van der Waals surface area contributed by atoms with Gasteiger partial charge in [-0.3, -0.25) is 9.59 Å². The zero-order valence-electron chi connectivity index (χ0n) is 17.7. The fraction of sp³-hybridized carbons (Fsp3) is 0.417. The Kier molecular flexibility index (Phi) is 7.38. The van der Waals surface area contributed by atoms with Gasteiger partial charge in [-0.25, -0.2) is 0 Å². The molecule has 0 unspecified atom stereocenters. The molecule has 0 saturated heterocycles. The highest BCUT2D eigenvalue weighted by Crippen LogP contribution is 2.15. The molecule has 0 bridgehead atoms. The van der Waals surface area contributed by atoms with Gasteiger partial charge in [-0.2, -0.15) is 0 Å². The van der Waals surface area contributed by atoms with E-state index in [9.17, 15) is 9.59 Å². The number of hydrogen-bond acceptors (Lipinski definition) is 2. The Morgan fingerprint density at radius 2 is 1.64 bits per heavy atom. The van der Waals surface area contributed by atoms with Gasteiger partial charge in [-0.05, 0) is 52.2 Å². The summed E-state index contributed by atoms with van der Waals surface area (Å²) in [6, 6.07) is 17.5. The maximum absolute atomic E-state index is 13.1. The van der Waals surface area contributed by atoms with Gasteiger partial charge >= 0.3 is 0 Å². The second-order valence-electron chi connectivity index (χ2n) is 8.41. The van der Waals surface area contributed by atoms with Crippen LogP contribution in [0.15, 0.2) is 54.6 Å². The molecule has 0 spiro atoms. The summed E-state index contributed by atoms with van der Waals surface area (Å²) < 4.78 is 0. The lowest BCUT2D eigenvalue weighted by molar-refractivity contribution is -0.141. The Hall–Kier alpha value is -2.62. The number of benzene rings is 2. The molecule has 0 aliphatic heterocycles. The van der Waals surface area contributed by atoms with E-state index in [1.807, 2.05) is 76.2 Å². The number of rotatable bonds is 7. The minimum atomic E-state index is -0.539. The van der Waals surface area contributed by atoms with Gasteiger partial charge < -0.3 is 10.2 Å². The van der Waals surface area contributed by atoms with Crippen LogP contribution in [0.25, 0.3) is 0 Å². The Balaban J connectivity index is 2.16. The lowest BCUT2D eigenvalue weighted by Gasteiger charge is -2.31. The first-order chi connectivity index (χ1) is 13.2. The van der Waals surface area contributed by atoms with E-state index in [-0.39, 0.29) is 17.4 Å². The van der Waals surface area contributed by atoms with Crippen LogP contribution in [0.1, 0.15) is 50.8 Å². The summed E-state index contributed by atoms with van der Waals surface area (Å²) in [5.74, 6) is -0.143. The van der Waals surface area contributed by atoms with E-state index in [2.05, 4.69) is 11.4 Å². The lowest BCUT2D eigenvalue weighted by Crippen LogP contribution is -2.52. The first kappa shape index (κ1) is 21.7. The summed E-state index contributed by atoms with van der Waals surface area (Å²) in [6.07, 6.45) is 1.04. The van der Waals surface area contributed by atoms with Gasteiger partial charge in [-0.15, -0.1) is 0 Å². The molecule has 2 aromatic rings. The first-order valence-electron chi connectivity index (χ1n) is 9.87. The summed E-state index contributed by atoms with van der Waals surface area (Å²) in [6.45, 7) is 10.1. The zero-order valence-corrected chi connectivity index (χ0v) is 17.7. The fourth-order valence-corrected chi connectivity index (χ4v) is 3.10. The predicted molar refractivity (Wildman–Crippen MR) is 114 cm³/mol. The Morgan fingerprint density at radius 3 is 2.25 bits per heavy atom. The van der Waals surface area contributed by atoms with Crippen molar-refractivity contribution in [3.8, 4) is 0 Å². The standard InChI is InChI=1S/C24H32N2O2/c1-18-10-9-13-21(16-18)17-26(19(2)23(28)25-24(3,4)5)22(27)15-14-20-11-7-6-8-12-20/h6-13,16,19H,14-15,17H2,1-5H3,(H,25,28)/t19-/m0/s1. The molecule has 4 nitrogen and oxygen atoms in total. The number of nitrogens with zero attached hydrogens (tertiary/aromatic N) is 1. The van der Waals surface area contributed by atoms with Crippen molar-refractivity contribution < 1.29 is 9.59 Å². The van der Waals surface area contributed by atoms with E-state index in [1.165, 1.54) is 0 Å². The highest BCUT2D eigenvalue weighted by atomic mass is 16.2. The Morgan fingerprint density at radius 1 is 1.00 bits per heavy atom. The highest BCUT2D eigenvalue weighted by Gasteiger charge is 2.28. The summed E-state index contributed by atoms with van der Waals surface area (Å²) in [5.41, 5.74) is 2.95. The molecule has 2 amide bonds. The van der Waals surface area contributed by atoms with E-state index >= 15 is 0 Å². The number of hydrogen-bond donors (Lipinski definition) is 1. The van der Waals surface area contributed by atoms with Gasteiger partial charge in [-0.1, -0.05) is 60.2 Å². The van der Waals surface area contributed by atoms with Gasteiger partial charge in [0.2, 0.25) is 11.8 Å². The largest absolute Gasteiger partial charge is 0.350 e. The molecule has 28 heavy (non-hydrogen) atoms. The van der Waals surface area contributed by atoms with E-state index in [1.54, 1.807) is 11.8 Å². The number of amides is 2. The molecular weight excluding hydrogens is 348 g/mol. The van der Waals surface area contributed by atoms with Crippen LogP contribution >= 0.6 is 0 Å². The molecule has 1 N–H and O–H groups in total. The van der Waals surface area contributed by atoms with Crippen LogP contribution in [0, 0.1) is 6.92 Å². The summed E-state index contributed by atoms with van der Waals surface area (Å²) in [4.78, 5) is 27.5. The molecule has 0 fully saturated rings. The Bertz CT molecular complexity index is 794. The second kappa shape index (κ2) is 9.54. The SMILES string of the molecule is Cc1cccc(CN(C(=O)CCc2ccccc2)[C@@H](C)C(=O)NC(C)(C)C)c1. The topological polar surface area (TPSA) is 49.4 Å². The van der Waals surface area contributed by atoms with Crippen LogP contribution in [0.2, 0.25) is 0 Å². The highest BCUT2D eigenvalue weighted by molar-refractivity contribution is 5.87. The summed E-state index contributed by atoms with van der Waals surface area (Å²) in [7, 11) is 0. The maximum atomic E-state index is 13.1. The quantitative estimate of drug-likeness (QED) is 0.780. The molecule has 4 heteroatoms. The predicted octanol–water partition coefficient (Wildman–Crippen LogP) is 4.26. The van der Waals surface area contributed by atoms with Crippen LogP contribution in [0.3, 0.4) is 0 Å². The van der Waals surface area contributed by atoms with Gasteiger partial charge in [0.15, 0.2) is 0 Å². The van der Waals surface area contributed by atoms with Crippen LogP contribution in [-0.4, -0.2) is 28.3 Å². The third-order valence-electron chi connectivity index (χ3n) is 4.57. The van der Waals surface area contributed by atoms with E-state index in [0.29, 0.717) is 19.4 Å². The van der Waals surface area contributed by atoms with Crippen molar-refractivity contribution in [3.05, 3.63) is 71.3 Å². The second-order valence-corrected chi connectivity index (χ2v) is 8.41. The van der Waals surface area contributed by atoms with Crippen molar-refractivity contribution in [1.82, 2.24) is 10.2 Å². The van der Waals surface area contributed by atoms with E-state index < -0.39 is 6.04 Å². The number of carbonyl (C=O) groups is 2. The van der Waals surface area contributed by atoms with Gasteiger partial charge in [0.25, 0.3) is 0 Å². The van der Waals surface area contributed by atoms with Crippen molar-refractivity contribution in [2.24, 2.45) is 0 Å². The van der Waals surface area contributed by atoms with Crippen molar-refractivity contribution in [2.45, 2.75) is 65.6 Å². The molecule has 0 aromatic heterocycles. The summed E-state index contributed by atoms with van der Waals surface area (Å²) >= 11 is 0. The van der Waals surface area contributed by atoms with Crippen molar-refractivity contribution in [3.63, 3.8) is 0 Å². The average molecular weight is 381 g/mol. The summed E-state index contributed by atoms with van der Waals surface area (Å²) in [5, 5.41) is 2.99.